The SMILES string of the molecule is O=C(CN1CN=CN1)c1ccc(F)cc1F. The van der Waals surface area contributed by atoms with E-state index in [1.165, 1.54) is 11.3 Å². The maximum atomic E-state index is 13.2. The summed E-state index contributed by atoms with van der Waals surface area (Å²) in [5.41, 5.74) is 2.60. The number of benzene rings is 1. The van der Waals surface area contributed by atoms with Gasteiger partial charge in [0.25, 0.3) is 0 Å². The number of halogens is 2. The lowest BCUT2D eigenvalue weighted by Gasteiger charge is -2.13. The molecular weight excluding hydrogens is 216 g/mol. The fraction of sp³-hybridized carbons (Fsp3) is 0.200. The standard InChI is InChI=1S/C10H9F2N3O/c11-7-1-2-8(9(12)3-7)10(16)4-15-6-13-5-14-15/h1-3,5H,4,6H2,(H,13,14). The van der Waals surface area contributed by atoms with Crippen molar-refractivity contribution in [2.24, 2.45) is 4.99 Å². The van der Waals surface area contributed by atoms with E-state index in [0.29, 0.717) is 12.7 Å². The summed E-state index contributed by atoms with van der Waals surface area (Å²) in [7, 11) is 0. The second kappa shape index (κ2) is 4.36. The molecule has 1 aromatic rings. The molecule has 1 aliphatic heterocycles. The third-order valence-electron chi connectivity index (χ3n) is 2.15. The first-order valence-corrected chi connectivity index (χ1v) is 4.64. The number of carbonyl (C=O) groups excluding carboxylic acids is 1. The van der Waals surface area contributed by atoms with Crippen LogP contribution in [-0.2, 0) is 0 Å². The van der Waals surface area contributed by atoms with Crippen LogP contribution in [0, 0.1) is 11.6 Å². The van der Waals surface area contributed by atoms with Crippen LogP contribution < -0.4 is 5.43 Å². The molecule has 0 amide bonds. The number of hydrogen-bond acceptors (Lipinski definition) is 4. The summed E-state index contributed by atoms with van der Waals surface area (Å²) >= 11 is 0. The van der Waals surface area contributed by atoms with E-state index in [2.05, 4.69) is 10.4 Å². The van der Waals surface area contributed by atoms with Gasteiger partial charge in [-0.3, -0.25) is 9.79 Å². The zero-order valence-electron chi connectivity index (χ0n) is 8.28. The van der Waals surface area contributed by atoms with Gasteiger partial charge in [0.2, 0.25) is 0 Å². The third-order valence-corrected chi connectivity index (χ3v) is 2.15. The number of carbonyl (C=O) groups is 1. The van der Waals surface area contributed by atoms with Crippen LogP contribution in [0.25, 0.3) is 0 Å². The Kier molecular flexibility index (Phi) is 2.91. The van der Waals surface area contributed by atoms with E-state index in [4.69, 9.17) is 0 Å². The summed E-state index contributed by atoms with van der Waals surface area (Å²) in [6.07, 6.45) is 1.45. The third kappa shape index (κ3) is 2.22. The minimum absolute atomic E-state index is 0.0114. The number of hydrogen-bond donors (Lipinski definition) is 1. The van der Waals surface area contributed by atoms with Gasteiger partial charge in [0.05, 0.1) is 18.4 Å². The number of rotatable bonds is 3. The number of hydrazine groups is 1. The van der Waals surface area contributed by atoms with Crippen molar-refractivity contribution < 1.29 is 13.6 Å². The highest BCUT2D eigenvalue weighted by Crippen LogP contribution is 2.10. The summed E-state index contributed by atoms with van der Waals surface area (Å²) in [4.78, 5) is 15.5. The van der Waals surface area contributed by atoms with E-state index in [9.17, 15) is 13.6 Å². The highest BCUT2D eigenvalue weighted by Gasteiger charge is 2.17. The van der Waals surface area contributed by atoms with E-state index in [0.717, 1.165) is 12.1 Å². The van der Waals surface area contributed by atoms with Gasteiger partial charge in [-0.05, 0) is 12.1 Å². The molecule has 2 rings (SSSR count). The van der Waals surface area contributed by atoms with Gasteiger partial charge in [0.15, 0.2) is 5.78 Å². The first-order valence-electron chi connectivity index (χ1n) is 4.64. The maximum Gasteiger partial charge on any atom is 0.181 e. The van der Waals surface area contributed by atoms with Crippen molar-refractivity contribution in [1.29, 1.82) is 0 Å². The molecule has 16 heavy (non-hydrogen) atoms. The molecule has 1 aromatic carbocycles. The van der Waals surface area contributed by atoms with Crippen molar-refractivity contribution >= 4 is 12.1 Å². The van der Waals surface area contributed by atoms with Crippen molar-refractivity contribution in [3.05, 3.63) is 35.4 Å². The average Bonchev–Trinajstić information content (AvgIpc) is 2.70. The van der Waals surface area contributed by atoms with Crippen molar-refractivity contribution in [2.45, 2.75) is 0 Å². The first kappa shape index (κ1) is 10.7. The van der Waals surface area contributed by atoms with Crippen molar-refractivity contribution in [1.82, 2.24) is 10.4 Å². The Balaban J connectivity index is 2.08. The van der Waals surface area contributed by atoms with Crippen LogP contribution in [0.4, 0.5) is 8.78 Å². The van der Waals surface area contributed by atoms with Crippen LogP contribution in [0.3, 0.4) is 0 Å². The van der Waals surface area contributed by atoms with Crippen LogP contribution in [0.5, 0.6) is 0 Å². The second-order valence-electron chi connectivity index (χ2n) is 3.33. The fourth-order valence-electron chi connectivity index (χ4n) is 1.37. The van der Waals surface area contributed by atoms with Crippen LogP contribution in [0.1, 0.15) is 10.4 Å². The monoisotopic (exact) mass is 225 g/mol. The van der Waals surface area contributed by atoms with E-state index in [1.54, 1.807) is 0 Å². The fourth-order valence-corrected chi connectivity index (χ4v) is 1.37. The molecule has 1 aliphatic rings. The zero-order valence-corrected chi connectivity index (χ0v) is 8.28. The van der Waals surface area contributed by atoms with E-state index >= 15 is 0 Å². The number of nitrogens with zero attached hydrogens (tertiary/aromatic N) is 2. The number of ketones is 1. The quantitative estimate of drug-likeness (QED) is 0.779. The topological polar surface area (TPSA) is 44.7 Å². The van der Waals surface area contributed by atoms with Gasteiger partial charge >= 0.3 is 0 Å². The Hall–Kier alpha value is -1.82. The molecule has 0 fully saturated rings. The minimum atomic E-state index is -0.842. The van der Waals surface area contributed by atoms with Gasteiger partial charge in [-0.2, -0.15) is 5.01 Å². The molecule has 1 heterocycles. The predicted molar refractivity (Wildman–Crippen MR) is 53.9 cm³/mol. The zero-order chi connectivity index (χ0) is 11.5. The Labute approximate surface area is 90.6 Å². The van der Waals surface area contributed by atoms with E-state index < -0.39 is 17.4 Å². The van der Waals surface area contributed by atoms with Gasteiger partial charge in [-0.25, -0.2) is 8.78 Å². The van der Waals surface area contributed by atoms with Gasteiger partial charge in [0.1, 0.15) is 18.3 Å². The van der Waals surface area contributed by atoms with E-state index in [-0.39, 0.29) is 12.1 Å². The van der Waals surface area contributed by atoms with Gasteiger partial charge < -0.3 is 5.43 Å². The van der Waals surface area contributed by atoms with Crippen molar-refractivity contribution in [2.75, 3.05) is 13.2 Å². The summed E-state index contributed by atoms with van der Waals surface area (Å²) in [5.74, 6) is -1.96. The number of Topliss-reactive ketones (excluding diaryl/α,β-unsaturated/α-hetero) is 1. The Morgan fingerprint density at radius 2 is 2.31 bits per heavy atom. The largest absolute Gasteiger partial charge is 0.307 e. The first-order chi connectivity index (χ1) is 7.66. The molecular formula is C10H9F2N3O. The second-order valence-corrected chi connectivity index (χ2v) is 3.33. The van der Waals surface area contributed by atoms with Gasteiger partial charge in [-0.1, -0.05) is 0 Å². The number of aliphatic imine (C=N–C) groups is 1. The normalized spacial score (nSPS) is 15.1. The summed E-state index contributed by atoms with van der Waals surface area (Å²) < 4.78 is 25.9. The Morgan fingerprint density at radius 1 is 1.50 bits per heavy atom. The molecule has 0 spiro atoms. The minimum Gasteiger partial charge on any atom is -0.307 e. The van der Waals surface area contributed by atoms with Crippen LogP contribution in [0.15, 0.2) is 23.2 Å². The van der Waals surface area contributed by atoms with Gasteiger partial charge in [0, 0.05) is 6.07 Å². The molecule has 0 unspecified atom stereocenters. The molecule has 4 nitrogen and oxygen atoms in total. The molecule has 84 valence electrons. The molecule has 0 saturated carbocycles. The lowest BCUT2D eigenvalue weighted by Crippen LogP contribution is -2.36. The lowest BCUT2D eigenvalue weighted by molar-refractivity contribution is 0.0919. The number of nitrogens with one attached hydrogen (secondary N) is 1. The molecule has 0 radical (unpaired) electrons. The molecule has 0 saturated heterocycles. The maximum absolute atomic E-state index is 13.2. The Morgan fingerprint density at radius 3 is 2.94 bits per heavy atom. The van der Waals surface area contributed by atoms with Crippen molar-refractivity contribution in [3.8, 4) is 0 Å². The molecule has 0 atom stereocenters. The predicted octanol–water partition coefficient (Wildman–Crippen LogP) is 0.953. The van der Waals surface area contributed by atoms with Crippen LogP contribution >= 0.6 is 0 Å². The summed E-state index contributed by atoms with van der Waals surface area (Å²) in [6, 6.07) is 2.90. The summed E-state index contributed by atoms with van der Waals surface area (Å²) in [5, 5.41) is 1.52. The molecule has 0 aliphatic carbocycles. The molecule has 0 aromatic heterocycles. The van der Waals surface area contributed by atoms with E-state index in [1.807, 2.05) is 0 Å². The molecule has 1 N–H and O–H groups in total. The molecule has 0 bridgehead atoms. The van der Waals surface area contributed by atoms with Crippen LogP contribution in [0.2, 0.25) is 0 Å². The smallest absolute Gasteiger partial charge is 0.181 e. The summed E-state index contributed by atoms with van der Waals surface area (Å²) in [6.45, 7) is 0.330. The highest BCUT2D eigenvalue weighted by atomic mass is 19.1. The Bertz CT molecular complexity index is 440. The van der Waals surface area contributed by atoms with Gasteiger partial charge in [-0.15, -0.1) is 0 Å². The highest BCUT2D eigenvalue weighted by molar-refractivity contribution is 5.97. The molecule has 6 heteroatoms. The average molecular weight is 225 g/mol. The van der Waals surface area contributed by atoms with Crippen molar-refractivity contribution in [3.63, 3.8) is 0 Å². The lowest BCUT2D eigenvalue weighted by atomic mass is 10.1. The van der Waals surface area contributed by atoms with Crippen LogP contribution in [-0.4, -0.2) is 30.3 Å².